The van der Waals surface area contributed by atoms with Crippen LogP contribution in [0.5, 0.6) is 5.75 Å². The van der Waals surface area contributed by atoms with Gasteiger partial charge in [-0.1, -0.05) is 6.07 Å². The van der Waals surface area contributed by atoms with Gasteiger partial charge in [-0.3, -0.25) is 13.9 Å². The molecule has 0 saturated carbocycles. The average molecular weight is 477 g/mol. The van der Waals surface area contributed by atoms with Gasteiger partial charge in [-0.25, -0.2) is 8.42 Å². The van der Waals surface area contributed by atoms with Crippen molar-refractivity contribution in [3.8, 4) is 5.75 Å². The van der Waals surface area contributed by atoms with Gasteiger partial charge in [0.15, 0.2) is 0 Å². The first kappa shape index (κ1) is 26.2. The molecule has 0 bridgehead atoms. The van der Waals surface area contributed by atoms with Crippen LogP contribution in [-0.2, 0) is 24.3 Å². The van der Waals surface area contributed by atoms with E-state index in [0.29, 0.717) is 37.2 Å². The number of nitrogens with zero attached hydrogens (tertiary/aromatic N) is 1. The third-order valence-corrected chi connectivity index (χ3v) is 7.15. The molecular weight excluding hydrogens is 444 g/mol. The van der Waals surface area contributed by atoms with E-state index in [2.05, 4.69) is 10.1 Å². The number of esters is 1. The van der Waals surface area contributed by atoms with E-state index in [4.69, 9.17) is 4.74 Å². The molecule has 0 unspecified atom stereocenters. The summed E-state index contributed by atoms with van der Waals surface area (Å²) in [6.07, 6.45) is 1.52. The summed E-state index contributed by atoms with van der Waals surface area (Å²) < 4.78 is 37.9. The molecule has 0 aliphatic rings. The van der Waals surface area contributed by atoms with Crippen LogP contribution in [0.2, 0.25) is 0 Å². The topological polar surface area (TPSA) is 102 Å². The van der Waals surface area contributed by atoms with Crippen molar-refractivity contribution in [3.63, 3.8) is 0 Å². The Bertz CT molecular complexity index is 1050. The lowest BCUT2D eigenvalue weighted by atomic mass is 10.1. The number of carbonyl (C=O) groups is 2. The first-order valence-electron chi connectivity index (χ1n) is 10.8. The lowest BCUT2D eigenvalue weighted by molar-refractivity contribution is -0.140. The Labute approximate surface area is 195 Å². The number of methoxy groups -OCH3 is 2. The molecular formula is C24H32N2O6S. The lowest BCUT2D eigenvalue weighted by Gasteiger charge is -2.25. The Morgan fingerprint density at radius 2 is 1.64 bits per heavy atom. The quantitative estimate of drug-likeness (QED) is 0.372. The maximum Gasteiger partial charge on any atom is 0.305 e. The van der Waals surface area contributed by atoms with Crippen molar-refractivity contribution in [3.05, 3.63) is 53.6 Å². The predicted octanol–water partition coefficient (Wildman–Crippen LogP) is 3.36. The second-order valence-corrected chi connectivity index (χ2v) is 9.52. The van der Waals surface area contributed by atoms with E-state index in [1.165, 1.54) is 18.5 Å². The fourth-order valence-electron chi connectivity index (χ4n) is 3.15. The van der Waals surface area contributed by atoms with Crippen molar-refractivity contribution in [1.82, 2.24) is 5.32 Å². The summed E-state index contributed by atoms with van der Waals surface area (Å²) in [5.41, 5.74) is 2.31. The Balaban J connectivity index is 2.12. The Hall–Kier alpha value is -3.07. The van der Waals surface area contributed by atoms with Gasteiger partial charge in [0.2, 0.25) is 5.91 Å². The van der Waals surface area contributed by atoms with Crippen LogP contribution in [-0.4, -0.2) is 47.6 Å². The molecule has 0 aliphatic heterocycles. The predicted molar refractivity (Wildman–Crippen MR) is 127 cm³/mol. The van der Waals surface area contributed by atoms with Gasteiger partial charge in [0.05, 0.1) is 24.8 Å². The van der Waals surface area contributed by atoms with Crippen LogP contribution in [0.3, 0.4) is 0 Å². The Morgan fingerprint density at radius 3 is 2.24 bits per heavy atom. The van der Waals surface area contributed by atoms with E-state index >= 15 is 0 Å². The van der Waals surface area contributed by atoms with E-state index in [9.17, 15) is 18.0 Å². The van der Waals surface area contributed by atoms with Crippen molar-refractivity contribution < 1.29 is 27.5 Å². The van der Waals surface area contributed by atoms with E-state index in [0.717, 1.165) is 11.1 Å². The third kappa shape index (κ3) is 7.49. The number of hydrogen-bond acceptors (Lipinski definition) is 6. The van der Waals surface area contributed by atoms with E-state index in [1.54, 1.807) is 42.5 Å². The zero-order chi connectivity index (χ0) is 24.4. The van der Waals surface area contributed by atoms with Gasteiger partial charge >= 0.3 is 5.97 Å². The van der Waals surface area contributed by atoms with Crippen LogP contribution in [0.4, 0.5) is 5.69 Å². The van der Waals surface area contributed by atoms with Crippen LogP contribution >= 0.6 is 0 Å². The van der Waals surface area contributed by atoms with Gasteiger partial charge in [-0.2, -0.15) is 0 Å². The number of anilines is 1. The molecule has 33 heavy (non-hydrogen) atoms. The molecule has 9 heteroatoms. The molecule has 0 aliphatic carbocycles. The Morgan fingerprint density at radius 1 is 0.939 bits per heavy atom. The number of unbranched alkanes of at least 4 members (excludes halogenated alkanes) is 1. The van der Waals surface area contributed by atoms with Crippen molar-refractivity contribution in [2.75, 3.05) is 31.6 Å². The van der Waals surface area contributed by atoms with Crippen molar-refractivity contribution in [1.29, 1.82) is 0 Å². The summed E-state index contributed by atoms with van der Waals surface area (Å²) in [7, 11) is -1.02. The van der Waals surface area contributed by atoms with Crippen LogP contribution in [0.15, 0.2) is 47.4 Å². The molecule has 0 heterocycles. The van der Waals surface area contributed by atoms with Gasteiger partial charge in [-0.15, -0.1) is 0 Å². The van der Waals surface area contributed by atoms with Gasteiger partial charge in [-0.05, 0) is 74.2 Å². The minimum Gasteiger partial charge on any atom is -0.497 e. The summed E-state index contributed by atoms with van der Waals surface area (Å²) in [6, 6.07) is 11.7. The van der Waals surface area contributed by atoms with E-state index < -0.39 is 10.0 Å². The number of benzene rings is 2. The molecule has 0 atom stereocenters. The highest BCUT2D eigenvalue weighted by atomic mass is 32.2. The molecule has 0 radical (unpaired) electrons. The fraction of sp³-hybridized carbons (Fsp3) is 0.417. The molecule has 0 fully saturated rings. The molecule has 2 aromatic rings. The number of amides is 1. The Kier molecular flexibility index (Phi) is 9.72. The first-order valence-corrected chi connectivity index (χ1v) is 12.2. The monoisotopic (exact) mass is 476 g/mol. The minimum atomic E-state index is -3.89. The number of ether oxygens (including phenoxy) is 2. The smallest absolute Gasteiger partial charge is 0.305 e. The molecule has 8 nitrogen and oxygen atoms in total. The van der Waals surface area contributed by atoms with Gasteiger partial charge < -0.3 is 14.8 Å². The number of carbonyl (C=O) groups excluding carboxylic acids is 2. The summed E-state index contributed by atoms with van der Waals surface area (Å²) in [4.78, 5) is 23.7. The molecule has 2 aromatic carbocycles. The third-order valence-electron chi connectivity index (χ3n) is 5.33. The van der Waals surface area contributed by atoms with Crippen LogP contribution in [0.25, 0.3) is 0 Å². The second-order valence-electron chi connectivity index (χ2n) is 7.65. The summed E-state index contributed by atoms with van der Waals surface area (Å²) >= 11 is 0. The SMILES string of the molecule is COC(=O)CCCCNC(=O)CCN(c1ccc(OC)cc1)S(=O)(=O)c1ccc(C)c(C)c1. The summed E-state index contributed by atoms with van der Waals surface area (Å²) in [5, 5.41) is 2.77. The van der Waals surface area contributed by atoms with E-state index in [-0.39, 0.29) is 29.7 Å². The highest BCUT2D eigenvalue weighted by Gasteiger charge is 2.26. The van der Waals surface area contributed by atoms with Gasteiger partial charge in [0, 0.05) is 25.9 Å². The number of sulfonamides is 1. The minimum absolute atomic E-state index is 0.00684. The molecule has 0 saturated heterocycles. The average Bonchev–Trinajstić information content (AvgIpc) is 2.80. The number of rotatable bonds is 12. The maximum atomic E-state index is 13.5. The number of hydrogen-bond donors (Lipinski definition) is 1. The largest absolute Gasteiger partial charge is 0.497 e. The van der Waals surface area contributed by atoms with Crippen LogP contribution in [0.1, 0.15) is 36.8 Å². The maximum absolute atomic E-state index is 13.5. The first-order chi connectivity index (χ1) is 15.7. The molecule has 180 valence electrons. The summed E-state index contributed by atoms with van der Waals surface area (Å²) in [5.74, 6) is 0.0573. The molecule has 1 N–H and O–H groups in total. The summed E-state index contributed by atoms with van der Waals surface area (Å²) in [6.45, 7) is 4.17. The van der Waals surface area contributed by atoms with Crippen molar-refractivity contribution in [2.24, 2.45) is 0 Å². The zero-order valence-electron chi connectivity index (χ0n) is 19.6. The van der Waals surface area contributed by atoms with Gasteiger partial charge in [0.25, 0.3) is 10.0 Å². The second kappa shape index (κ2) is 12.2. The molecule has 0 spiro atoms. The normalized spacial score (nSPS) is 11.0. The highest BCUT2D eigenvalue weighted by molar-refractivity contribution is 7.92. The molecule has 0 aromatic heterocycles. The highest BCUT2D eigenvalue weighted by Crippen LogP contribution is 2.27. The van der Waals surface area contributed by atoms with Crippen molar-refractivity contribution >= 4 is 27.6 Å². The zero-order valence-corrected chi connectivity index (χ0v) is 20.4. The fourth-order valence-corrected chi connectivity index (χ4v) is 4.70. The standard InChI is InChI=1S/C24H32N2O6S/c1-18-8-13-22(17-19(18)2)33(29,30)26(20-9-11-21(31-3)12-10-20)16-14-23(27)25-15-6-5-7-24(28)32-4/h8-13,17H,5-7,14-16H2,1-4H3,(H,25,27). The van der Waals surface area contributed by atoms with Crippen LogP contribution in [0, 0.1) is 13.8 Å². The van der Waals surface area contributed by atoms with E-state index in [1.807, 2.05) is 13.8 Å². The molecule has 1 amide bonds. The van der Waals surface area contributed by atoms with Crippen molar-refractivity contribution in [2.45, 2.75) is 44.4 Å². The lowest BCUT2D eigenvalue weighted by Crippen LogP contribution is -2.35. The van der Waals surface area contributed by atoms with Crippen LogP contribution < -0.4 is 14.4 Å². The van der Waals surface area contributed by atoms with Gasteiger partial charge in [0.1, 0.15) is 5.75 Å². The number of nitrogens with one attached hydrogen (secondary N) is 1. The number of aryl methyl sites for hydroxylation is 2. The molecule has 2 rings (SSSR count).